The maximum absolute atomic E-state index is 2.64. The molecular weight excluding hydrogens is 785 g/mol. The van der Waals surface area contributed by atoms with Crippen molar-refractivity contribution in [3.8, 4) is 39.0 Å². The summed E-state index contributed by atoms with van der Waals surface area (Å²) in [5.41, 5.74) is 5.21. The van der Waals surface area contributed by atoms with Crippen molar-refractivity contribution in [2.24, 2.45) is 0 Å². The van der Waals surface area contributed by atoms with Crippen LogP contribution in [0.3, 0.4) is 0 Å². The van der Waals surface area contributed by atoms with Crippen molar-refractivity contribution in [1.82, 2.24) is 0 Å². The Bertz CT molecular complexity index is 1760. The molecule has 0 bridgehead atoms. The number of rotatable bonds is 32. The first kappa shape index (κ1) is 46.6. The van der Waals surface area contributed by atoms with Gasteiger partial charge in [0.15, 0.2) is 0 Å². The molecule has 0 aliphatic carbocycles. The van der Waals surface area contributed by atoms with Gasteiger partial charge in [-0.25, -0.2) is 0 Å². The molecule has 314 valence electrons. The van der Waals surface area contributed by atoms with E-state index in [0.29, 0.717) is 0 Å². The minimum atomic E-state index is 1.22. The van der Waals surface area contributed by atoms with E-state index in [0.717, 1.165) is 0 Å². The molecule has 0 amide bonds. The minimum absolute atomic E-state index is 1.22. The molecule has 0 saturated heterocycles. The van der Waals surface area contributed by atoms with Crippen LogP contribution in [0.4, 0.5) is 0 Å². The lowest BCUT2D eigenvalue weighted by molar-refractivity contribution is 0.595. The number of hydrogen-bond acceptors (Lipinski definition) is 5. The quantitative estimate of drug-likeness (QED) is 0.0378. The summed E-state index contributed by atoms with van der Waals surface area (Å²) in [7, 11) is 0. The monoisotopic (exact) mass is 860 g/mol. The van der Waals surface area contributed by atoms with Crippen LogP contribution in [0.25, 0.3) is 39.0 Å². The molecular formula is C52H76S5. The summed E-state index contributed by atoms with van der Waals surface area (Å²) in [6.45, 7) is 9.36. The summed E-state index contributed by atoms with van der Waals surface area (Å²) in [5.74, 6) is 0. The number of thiophene rings is 5. The van der Waals surface area contributed by atoms with Crippen LogP contribution in [0.2, 0.25) is 0 Å². The van der Waals surface area contributed by atoms with Gasteiger partial charge in [0, 0.05) is 43.9 Å². The SMILES string of the molecule is CCCCCCCCc1cc(-c2ccc(-c3ccc(-c4cccs4)s3)s2)sc1-c1sc(CCCCCCCC)c(CCCCCCCC)c1CCCCCCCC. The summed E-state index contributed by atoms with van der Waals surface area (Å²) >= 11 is 10.2. The van der Waals surface area contributed by atoms with Crippen LogP contribution < -0.4 is 0 Å². The van der Waals surface area contributed by atoms with Gasteiger partial charge in [-0.1, -0.05) is 162 Å². The Hall–Kier alpha value is -1.50. The summed E-state index contributed by atoms with van der Waals surface area (Å²) < 4.78 is 0. The Morgan fingerprint density at radius 3 is 1.30 bits per heavy atom. The van der Waals surface area contributed by atoms with Gasteiger partial charge in [-0.05, 0) is 110 Å². The lowest BCUT2D eigenvalue weighted by atomic mass is 9.94. The second-order valence-electron chi connectivity index (χ2n) is 16.7. The van der Waals surface area contributed by atoms with Gasteiger partial charge < -0.3 is 0 Å². The third kappa shape index (κ3) is 15.2. The second-order valence-corrected chi connectivity index (χ2v) is 21.9. The molecule has 57 heavy (non-hydrogen) atoms. The largest absolute Gasteiger partial charge is 0.143 e. The molecule has 0 radical (unpaired) electrons. The summed E-state index contributed by atoms with van der Waals surface area (Å²) in [6.07, 6.45) is 38.1. The molecule has 0 nitrogen and oxygen atoms in total. The molecule has 5 aromatic heterocycles. The molecule has 5 heterocycles. The Labute approximate surface area is 370 Å². The van der Waals surface area contributed by atoms with Crippen LogP contribution in [0.15, 0.2) is 47.8 Å². The molecule has 5 aromatic rings. The van der Waals surface area contributed by atoms with Gasteiger partial charge in [-0.3, -0.25) is 0 Å². The maximum Gasteiger partial charge on any atom is 0.0484 e. The first-order chi connectivity index (χ1) is 28.2. The lowest BCUT2D eigenvalue weighted by Crippen LogP contribution is -1.98. The molecule has 0 atom stereocenters. The topological polar surface area (TPSA) is 0 Å². The lowest BCUT2D eigenvalue weighted by Gasteiger charge is -2.11. The van der Waals surface area contributed by atoms with E-state index < -0.39 is 0 Å². The van der Waals surface area contributed by atoms with Crippen LogP contribution in [-0.4, -0.2) is 0 Å². The Morgan fingerprint density at radius 2 is 0.789 bits per heavy atom. The van der Waals surface area contributed by atoms with Crippen molar-refractivity contribution >= 4 is 56.7 Å². The van der Waals surface area contributed by atoms with E-state index in [1.165, 1.54) is 209 Å². The normalized spacial score (nSPS) is 11.7. The fourth-order valence-electron chi connectivity index (χ4n) is 8.37. The zero-order chi connectivity index (χ0) is 39.9. The summed E-state index contributed by atoms with van der Waals surface area (Å²) in [5, 5.41) is 2.19. The van der Waals surface area contributed by atoms with Crippen molar-refractivity contribution in [2.45, 2.75) is 207 Å². The van der Waals surface area contributed by atoms with Gasteiger partial charge in [-0.15, -0.1) is 56.7 Å². The van der Waals surface area contributed by atoms with E-state index in [1.807, 2.05) is 34.0 Å². The van der Waals surface area contributed by atoms with Gasteiger partial charge in [-0.2, -0.15) is 0 Å². The highest BCUT2D eigenvalue weighted by Gasteiger charge is 2.24. The van der Waals surface area contributed by atoms with Gasteiger partial charge in [0.25, 0.3) is 0 Å². The molecule has 0 aromatic carbocycles. The van der Waals surface area contributed by atoms with Gasteiger partial charge in [0.2, 0.25) is 0 Å². The fourth-order valence-corrected chi connectivity index (χ4v) is 14.2. The predicted molar refractivity (Wildman–Crippen MR) is 266 cm³/mol. The van der Waals surface area contributed by atoms with E-state index in [9.17, 15) is 0 Å². The molecule has 0 unspecified atom stereocenters. The highest BCUT2D eigenvalue weighted by atomic mass is 32.1. The van der Waals surface area contributed by atoms with E-state index in [2.05, 4.69) is 98.2 Å². The number of aryl methyl sites for hydroxylation is 2. The molecule has 0 aliphatic heterocycles. The zero-order valence-electron chi connectivity index (χ0n) is 36.5. The van der Waals surface area contributed by atoms with Gasteiger partial charge in [0.1, 0.15) is 0 Å². The summed E-state index contributed by atoms with van der Waals surface area (Å²) in [4.78, 5) is 13.6. The van der Waals surface area contributed by atoms with Crippen molar-refractivity contribution < 1.29 is 0 Å². The van der Waals surface area contributed by atoms with E-state index in [4.69, 9.17) is 0 Å². The number of hydrogen-bond donors (Lipinski definition) is 0. The van der Waals surface area contributed by atoms with Gasteiger partial charge >= 0.3 is 0 Å². The van der Waals surface area contributed by atoms with E-state index >= 15 is 0 Å². The first-order valence-electron chi connectivity index (χ1n) is 23.7. The third-order valence-corrected chi connectivity index (χ3v) is 18.1. The molecule has 0 N–H and O–H groups in total. The Balaban J connectivity index is 1.47. The standard InChI is InChI=1S/C52H76S5/c1-5-9-13-17-21-25-30-41-40-50(49-38-37-48(55-49)47-36-35-46(54-47)45-34-29-39-53-45)57-51(41)52-43(32-27-23-19-15-11-7-3)42(31-26-22-18-14-10-6-2)44(56-52)33-28-24-20-16-12-8-4/h29,34-40H,5-28,30-33H2,1-4H3. The van der Waals surface area contributed by atoms with Crippen LogP contribution in [-0.2, 0) is 25.7 Å². The smallest absolute Gasteiger partial charge is 0.0484 e. The molecule has 0 aliphatic rings. The maximum atomic E-state index is 2.64. The minimum Gasteiger partial charge on any atom is -0.143 e. The second kappa shape index (κ2) is 27.4. The van der Waals surface area contributed by atoms with Gasteiger partial charge in [0.05, 0.1) is 0 Å². The predicted octanol–water partition coefficient (Wildman–Crippen LogP) is 20.3. The molecule has 5 rings (SSSR count). The van der Waals surface area contributed by atoms with E-state index in [1.54, 1.807) is 31.3 Å². The highest BCUT2D eigenvalue weighted by molar-refractivity contribution is 7.29. The van der Waals surface area contributed by atoms with Crippen LogP contribution in [0, 0.1) is 0 Å². The fraction of sp³-hybridized carbons (Fsp3) is 0.615. The zero-order valence-corrected chi connectivity index (χ0v) is 40.5. The van der Waals surface area contributed by atoms with Crippen molar-refractivity contribution in [3.05, 3.63) is 69.4 Å². The average Bonchev–Trinajstić information content (AvgIpc) is 4.08. The molecule has 0 fully saturated rings. The van der Waals surface area contributed by atoms with Crippen molar-refractivity contribution in [1.29, 1.82) is 0 Å². The van der Waals surface area contributed by atoms with Crippen LogP contribution >= 0.6 is 56.7 Å². The Kier molecular flexibility index (Phi) is 22.4. The van der Waals surface area contributed by atoms with Crippen molar-refractivity contribution in [3.63, 3.8) is 0 Å². The first-order valence-corrected chi connectivity index (χ1v) is 27.8. The third-order valence-electron chi connectivity index (χ3n) is 11.8. The molecule has 0 spiro atoms. The molecule has 0 saturated carbocycles. The van der Waals surface area contributed by atoms with Crippen molar-refractivity contribution in [2.75, 3.05) is 0 Å². The Morgan fingerprint density at radius 1 is 0.351 bits per heavy atom. The highest BCUT2D eigenvalue weighted by Crippen LogP contribution is 2.49. The molecule has 5 heteroatoms. The number of unbranched alkanes of at least 4 members (excludes halogenated alkanes) is 20. The van der Waals surface area contributed by atoms with Crippen LogP contribution in [0.5, 0.6) is 0 Å². The summed E-state index contributed by atoms with van der Waals surface area (Å²) in [6, 6.07) is 16.5. The average molecular weight is 862 g/mol. The van der Waals surface area contributed by atoms with Crippen LogP contribution in [0.1, 0.15) is 203 Å². The van der Waals surface area contributed by atoms with E-state index in [-0.39, 0.29) is 0 Å².